The number of anilines is 1. The van der Waals surface area contributed by atoms with Crippen LogP contribution in [0.15, 0.2) is 47.4 Å². The molecule has 0 spiro atoms. The number of amides is 1. The Morgan fingerprint density at radius 1 is 0.967 bits per heavy atom. The number of aryl methyl sites for hydroxylation is 1. The molecule has 0 aliphatic carbocycles. The Kier molecular flexibility index (Phi) is 6.22. The van der Waals surface area contributed by atoms with Gasteiger partial charge in [-0.2, -0.15) is 0 Å². The number of benzene rings is 2. The van der Waals surface area contributed by atoms with Crippen molar-refractivity contribution in [2.75, 3.05) is 24.5 Å². The van der Waals surface area contributed by atoms with Gasteiger partial charge in [0.1, 0.15) is 0 Å². The molecule has 0 atom stereocenters. The first-order valence-corrected chi connectivity index (χ1v) is 12.1. The third-order valence-electron chi connectivity index (χ3n) is 6.01. The quantitative estimate of drug-likeness (QED) is 0.737. The topological polar surface area (TPSA) is 69.7 Å². The van der Waals surface area contributed by atoms with Crippen molar-refractivity contribution >= 4 is 21.6 Å². The summed E-state index contributed by atoms with van der Waals surface area (Å²) in [6.07, 6.45) is 3.86. The molecule has 0 bridgehead atoms. The Balaban J connectivity index is 1.47. The smallest absolute Gasteiger partial charge is 0.240 e. The van der Waals surface area contributed by atoms with Gasteiger partial charge in [0.15, 0.2) is 0 Å². The lowest BCUT2D eigenvalue weighted by atomic mass is 10.1. The van der Waals surface area contributed by atoms with E-state index in [1.54, 1.807) is 23.1 Å². The molecular formula is C23H29N3O3S. The van der Waals surface area contributed by atoms with E-state index < -0.39 is 10.0 Å². The average Bonchev–Trinajstić information content (AvgIpc) is 3.39. The van der Waals surface area contributed by atoms with E-state index in [1.165, 1.54) is 18.4 Å². The third-order valence-corrected chi connectivity index (χ3v) is 7.41. The number of hydrogen-bond donors (Lipinski definition) is 1. The highest BCUT2D eigenvalue weighted by Crippen LogP contribution is 2.27. The maximum atomic E-state index is 12.9. The van der Waals surface area contributed by atoms with Gasteiger partial charge < -0.3 is 4.90 Å². The fourth-order valence-electron chi connectivity index (χ4n) is 4.32. The van der Waals surface area contributed by atoms with Crippen molar-refractivity contribution in [1.82, 2.24) is 9.62 Å². The Hall–Kier alpha value is -2.22. The molecule has 2 fully saturated rings. The minimum Gasteiger partial charge on any atom is -0.312 e. The second kappa shape index (κ2) is 8.88. The molecule has 2 aromatic carbocycles. The van der Waals surface area contributed by atoms with Crippen LogP contribution in [0.4, 0.5) is 5.69 Å². The zero-order valence-electron chi connectivity index (χ0n) is 17.4. The molecule has 0 radical (unpaired) electrons. The van der Waals surface area contributed by atoms with Crippen molar-refractivity contribution in [1.29, 1.82) is 0 Å². The van der Waals surface area contributed by atoms with Crippen LogP contribution >= 0.6 is 0 Å². The number of sulfonamides is 1. The standard InChI is InChI=1S/C23H29N3O3S/c1-18-15-21(10-11-22(18)26-14-6-9-23(26)27)30(28,29)24-16-19-7-2-3-8-20(19)17-25-12-4-5-13-25/h2-3,7-8,10-11,15,24H,4-6,9,12-14,16-17H2,1H3. The van der Waals surface area contributed by atoms with E-state index in [0.717, 1.165) is 42.9 Å². The van der Waals surface area contributed by atoms with E-state index in [2.05, 4.69) is 15.7 Å². The zero-order valence-corrected chi connectivity index (χ0v) is 18.2. The van der Waals surface area contributed by atoms with Gasteiger partial charge in [-0.3, -0.25) is 9.69 Å². The van der Waals surface area contributed by atoms with Crippen LogP contribution < -0.4 is 9.62 Å². The molecule has 2 aromatic rings. The second-order valence-corrected chi connectivity index (χ2v) is 9.94. The van der Waals surface area contributed by atoms with Crippen LogP contribution in [0.1, 0.15) is 42.4 Å². The van der Waals surface area contributed by atoms with Crippen molar-refractivity contribution < 1.29 is 13.2 Å². The van der Waals surface area contributed by atoms with Crippen molar-refractivity contribution in [3.63, 3.8) is 0 Å². The number of carbonyl (C=O) groups is 1. The van der Waals surface area contributed by atoms with Gasteiger partial charge >= 0.3 is 0 Å². The molecule has 2 saturated heterocycles. The molecule has 0 aromatic heterocycles. The first-order valence-electron chi connectivity index (χ1n) is 10.6. The Morgan fingerprint density at radius 3 is 2.37 bits per heavy atom. The van der Waals surface area contributed by atoms with Gasteiger partial charge in [-0.15, -0.1) is 0 Å². The molecule has 0 unspecified atom stereocenters. The predicted octanol–water partition coefficient (Wildman–Crippen LogP) is 3.20. The fraction of sp³-hybridized carbons (Fsp3) is 0.435. The van der Waals surface area contributed by atoms with E-state index in [4.69, 9.17) is 0 Å². The highest BCUT2D eigenvalue weighted by Gasteiger charge is 2.24. The summed E-state index contributed by atoms with van der Waals surface area (Å²) < 4.78 is 28.6. The molecule has 7 heteroatoms. The lowest BCUT2D eigenvalue weighted by Crippen LogP contribution is -2.26. The van der Waals surface area contributed by atoms with E-state index in [9.17, 15) is 13.2 Å². The lowest BCUT2D eigenvalue weighted by Gasteiger charge is -2.19. The lowest BCUT2D eigenvalue weighted by molar-refractivity contribution is -0.117. The minimum absolute atomic E-state index is 0.0986. The predicted molar refractivity (Wildman–Crippen MR) is 118 cm³/mol. The number of likely N-dealkylation sites (tertiary alicyclic amines) is 1. The van der Waals surface area contributed by atoms with E-state index in [1.807, 2.05) is 25.1 Å². The van der Waals surface area contributed by atoms with Gasteiger partial charge in [-0.25, -0.2) is 13.1 Å². The van der Waals surface area contributed by atoms with Crippen LogP contribution in [0.2, 0.25) is 0 Å². The maximum Gasteiger partial charge on any atom is 0.240 e. The SMILES string of the molecule is Cc1cc(S(=O)(=O)NCc2ccccc2CN2CCCC2)ccc1N1CCCC1=O. The number of hydrogen-bond acceptors (Lipinski definition) is 4. The van der Waals surface area contributed by atoms with Gasteiger partial charge in [0.05, 0.1) is 4.90 Å². The summed E-state index contributed by atoms with van der Waals surface area (Å²) in [5, 5.41) is 0. The van der Waals surface area contributed by atoms with Crippen LogP contribution in [0.5, 0.6) is 0 Å². The number of carbonyl (C=O) groups excluding carboxylic acids is 1. The van der Waals surface area contributed by atoms with Crippen LogP contribution in [-0.2, 0) is 27.9 Å². The highest BCUT2D eigenvalue weighted by atomic mass is 32.2. The van der Waals surface area contributed by atoms with Crippen molar-refractivity contribution in [2.24, 2.45) is 0 Å². The molecule has 30 heavy (non-hydrogen) atoms. The van der Waals surface area contributed by atoms with Crippen molar-refractivity contribution in [3.8, 4) is 0 Å². The largest absolute Gasteiger partial charge is 0.312 e. The van der Waals surface area contributed by atoms with Crippen LogP contribution in [0, 0.1) is 6.92 Å². The second-order valence-electron chi connectivity index (χ2n) is 8.17. The van der Waals surface area contributed by atoms with Gasteiger partial charge in [0.2, 0.25) is 15.9 Å². The Morgan fingerprint density at radius 2 is 1.70 bits per heavy atom. The molecule has 2 aliphatic rings. The van der Waals surface area contributed by atoms with Gasteiger partial charge in [-0.1, -0.05) is 24.3 Å². The molecule has 0 saturated carbocycles. The average molecular weight is 428 g/mol. The third kappa shape index (κ3) is 4.58. The Labute approximate surface area is 178 Å². The van der Waals surface area contributed by atoms with E-state index in [0.29, 0.717) is 13.0 Å². The molecule has 2 aliphatic heterocycles. The zero-order chi connectivity index (χ0) is 21.1. The number of nitrogens with zero attached hydrogens (tertiary/aromatic N) is 2. The summed E-state index contributed by atoms with van der Waals surface area (Å²) in [4.78, 5) is 16.4. The van der Waals surface area contributed by atoms with E-state index >= 15 is 0 Å². The van der Waals surface area contributed by atoms with E-state index in [-0.39, 0.29) is 17.3 Å². The molecule has 2 heterocycles. The number of nitrogens with one attached hydrogen (secondary N) is 1. The van der Waals surface area contributed by atoms with Gasteiger partial charge in [0, 0.05) is 31.7 Å². The maximum absolute atomic E-state index is 12.9. The number of rotatable bonds is 7. The first kappa shape index (κ1) is 21.0. The molecule has 1 amide bonds. The summed E-state index contributed by atoms with van der Waals surface area (Å²) in [6.45, 7) is 5.87. The summed E-state index contributed by atoms with van der Waals surface area (Å²) in [7, 11) is -3.65. The van der Waals surface area contributed by atoms with Crippen LogP contribution in [0.25, 0.3) is 0 Å². The summed E-state index contributed by atoms with van der Waals surface area (Å²) >= 11 is 0. The molecule has 4 rings (SSSR count). The van der Waals surface area contributed by atoms with Crippen LogP contribution in [0.3, 0.4) is 0 Å². The van der Waals surface area contributed by atoms with Gasteiger partial charge in [-0.05, 0) is 74.2 Å². The van der Waals surface area contributed by atoms with Crippen molar-refractivity contribution in [3.05, 3.63) is 59.2 Å². The Bertz CT molecular complexity index is 1030. The highest BCUT2D eigenvalue weighted by molar-refractivity contribution is 7.89. The van der Waals surface area contributed by atoms with Gasteiger partial charge in [0.25, 0.3) is 0 Å². The van der Waals surface area contributed by atoms with Crippen molar-refractivity contribution in [2.45, 2.75) is 50.6 Å². The minimum atomic E-state index is -3.65. The molecular weight excluding hydrogens is 398 g/mol. The summed E-state index contributed by atoms with van der Waals surface area (Å²) in [5.74, 6) is 0.0986. The monoisotopic (exact) mass is 427 g/mol. The molecule has 6 nitrogen and oxygen atoms in total. The summed E-state index contributed by atoms with van der Waals surface area (Å²) in [5.41, 5.74) is 3.76. The fourth-order valence-corrected chi connectivity index (χ4v) is 5.41. The first-order chi connectivity index (χ1) is 14.4. The van der Waals surface area contributed by atoms with Crippen LogP contribution in [-0.4, -0.2) is 38.9 Å². The summed E-state index contributed by atoms with van der Waals surface area (Å²) in [6, 6.07) is 13.0. The normalized spacial score (nSPS) is 17.8. The molecule has 1 N–H and O–H groups in total. The molecule has 160 valence electrons.